The molecule has 8 nitrogen and oxygen atoms in total. The van der Waals surface area contributed by atoms with Gasteiger partial charge in [-0.2, -0.15) is 5.10 Å². The maximum atomic E-state index is 13.4. The van der Waals surface area contributed by atoms with E-state index in [4.69, 9.17) is 26.2 Å². The minimum Gasteiger partial charge on any atom is -0.482 e. The van der Waals surface area contributed by atoms with Crippen molar-refractivity contribution in [3.8, 4) is 5.75 Å². The number of carbonyl (C=O) groups excluding carboxylic acids is 1. The van der Waals surface area contributed by atoms with E-state index in [1.165, 1.54) is 0 Å². The fourth-order valence-corrected chi connectivity index (χ4v) is 4.61. The van der Waals surface area contributed by atoms with Gasteiger partial charge in [0.2, 0.25) is 0 Å². The number of carboxylic acid groups (broad SMARTS) is 1. The average molecular weight is 492 g/mol. The number of amides is 1. The van der Waals surface area contributed by atoms with Gasteiger partial charge in [0.1, 0.15) is 5.75 Å². The summed E-state index contributed by atoms with van der Waals surface area (Å²) in [6, 6.07) is 19.9. The van der Waals surface area contributed by atoms with Gasteiger partial charge in [0, 0.05) is 22.5 Å². The molecule has 1 aromatic heterocycles. The van der Waals surface area contributed by atoms with Crippen LogP contribution in [0.25, 0.3) is 10.9 Å². The third kappa shape index (κ3) is 4.65. The van der Waals surface area contributed by atoms with Gasteiger partial charge in [-0.25, -0.2) is 14.3 Å². The molecule has 4 aromatic rings. The number of halogens is 1. The van der Waals surface area contributed by atoms with Crippen LogP contribution in [0.3, 0.4) is 0 Å². The quantitative estimate of drug-likeness (QED) is 0.412. The first-order chi connectivity index (χ1) is 17.0. The Balaban J connectivity index is 1.48. The molecule has 178 valence electrons. The minimum atomic E-state index is -1.10. The molecule has 1 aliphatic rings. The highest BCUT2D eigenvalue weighted by Gasteiger charge is 2.35. The second-order valence-corrected chi connectivity index (χ2v) is 8.59. The second kappa shape index (κ2) is 9.68. The Bertz CT molecular complexity index is 1400. The molecule has 1 atom stereocenters. The molecule has 9 heteroatoms. The van der Waals surface area contributed by atoms with Crippen molar-refractivity contribution in [1.29, 1.82) is 0 Å². The van der Waals surface area contributed by atoms with Crippen molar-refractivity contribution in [2.45, 2.75) is 19.2 Å². The lowest BCUT2D eigenvalue weighted by Gasteiger charge is -2.37. The molecule has 5 rings (SSSR count). The van der Waals surface area contributed by atoms with Crippen LogP contribution in [0, 0.1) is 0 Å². The Labute approximate surface area is 206 Å². The van der Waals surface area contributed by atoms with Gasteiger partial charge in [0.05, 0.1) is 17.8 Å². The lowest BCUT2D eigenvalue weighted by molar-refractivity contribution is -0.139. The predicted molar refractivity (Wildman–Crippen MR) is 129 cm³/mol. The van der Waals surface area contributed by atoms with Crippen molar-refractivity contribution < 1.29 is 24.2 Å². The zero-order chi connectivity index (χ0) is 24.4. The van der Waals surface area contributed by atoms with E-state index in [1.54, 1.807) is 34.0 Å². The van der Waals surface area contributed by atoms with Crippen LogP contribution in [0.15, 0.2) is 72.9 Å². The molecule has 0 radical (unpaired) electrons. The Kier molecular flexibility index (Phi) is 6.29. The number of aromatic nitrogens is 2. The van der Waals surface area contributed by atoms with E-state index in [0.717, 1.165) is 22.0 Å². The molecule has 0 fully saturated rings. The summed E-state index contributed by atoms with van der Waals surface area (Å²) in [5.74, 6) is -0.757. The summed E-state index contributed by atoms with van der Waals surface area (Å²) in [7, 11) is 0. The van der Waals surface area contributed by atoms with Gasteiger partial charge in [-0.15, -0.1) is 0 Å². The summed E-state index contributed by atoms with van der Waals surface area (Å²) in [4.78, 5) is 26.1. The number of hydrogen-bond donors (Lipinski definition) is 1. The third-order valence-corrected chi connectivity index (χ3v) is 6.23. The average Bonchev–Trinajstić information content (AvgIpc) is 3.29. The van der Waals surface area contributed by atoms with Gasteiger partial charge >= 0.3 is 12.1 Å². The highest BCUT2D eigenvalue weighted by Crippen LogP contribution is 2.40. The molecule has 0 saturated heterocycles. The molecular formula is C26H22ClN3O5. The molecule has 0 saturated carbocycles. The smallest absolute Gasteiger partial charge is 0.412 e. The van der Waals surface area contributed by atoms with Crippen molar-refractivity contribution in [1.82, 2.24) is 14.7 Å². The number of benzene rings is 3. The number of ether oxygens (including phenoxy) is 2. The Hall–Kier alpha value is -4.04. The van der Waals surface area contributed by atoms with Gasteiger partial charge < -0.3 is 14.6 Å². The molecular weight excluding hydrogens is 470 g/mol. The molecule has 0 bridgehead atoms. The molecule has 35 heavy (non-hydrogen) atoms. The van der Waals surface area contributed by atoms with Crippen LogP contribution in [0.1, 0.15) is 22.7 Å². The highest BCUT2D eigenvalue weighted by molar-refractivity contribution is 6.30. The SMILES string of the molecule is O=C(O)COc1ccc(Cl)cc1C1c2ccccc2CCN1C(=O)OCn1ncc2ccccc21. The predicted octanol–water partition coefficient (Wildman–Crippen LogP) is 4.89. The van der Waals surface area contributed by atoms with Crippen molar-refractivity contribution >= 4 is 34.6 Å². The fourth-order valence-electron chi connectivity index (χ4n) is 4.43. The summed E-state index contributed by atoms with van der Waals surface area (Å²) in [5.41, 5.74) is 3.44. The van der Waals surface area contributed by atoms with Crippen LogP contribution in [-0.2, 0) is 22.7 Å². The van der Waals surface area contributed by atoms with Crippen LogP contribution in [0.5, 0.6) is 5.75 Å². The number of carboxylic acids is 1. The highest BCUT2D eigenvalue weighted by atomic mass is 35.5. The zero-order valence-electron chi connectivity index (χ0n) is 18.6. The number of aliphatic carboxylic acids is 1. The Morgan fingerprint density at radius 2 is 1.86 bits per heavy atom. The van der Waals surface area contributed by atoms with Crippen LogP contribution in [0.2, 0.25) is 5.02 Å². The monoisotopic (exact) mass is 491 g/mol. The van der Waals surface area contributed by atoms with E-state index in [0.29, 0.717) is 29.3 Å². The van der Waals surface area contributed by atoms with Gasteiger partial charge in [-0.05, 0) is 41.8 Å². The molecule has 0 spiro atoms. The van der Waals surface area contributed by atoms with Crippen LogP contribution in [-0.4, -0.2) is 45.0 Å². The summed E-state index contributed by atoms with van der Waals surface area (Å²) in [5, 5.41) is 14.8. The van der Waals surface area contributed by atoms with Gasteiger partial charge in [-0.1, -0.05) is 54.1 Å². The van der Waals surface area contributed by atoms with E-state index < -0.39 is 24.7 Å². The molecule has 3 aromatic carbocycles. The minimum absolute atomic E-state index is 0.0465. The zero-order valence-corrected chi connectivity index (χ0v) is 19.4. The largest absolute Gasteiger partial charge is 0.482 e. The first kappa shape index (κ1) is 22.7. The summed E-state index contributed by atoms with van der Waals surface area (Å²) < 4.78 is 12.9. The molecule has 1 amide bonds. The van der Waals surface area contributed by atoms with Gasteiger partial charge in [0.25, 0.3) is 0 Å². The summed E-state index contributed by atoms with van der Waals surface area (Å²) in [6.45, 7) is -0.153. The van der Waals surface area contributed by atoms with Crippen molar-refractivity contribution in [3.63, 3.8) is 0 Å². The van der Waals surface area contributed by atoms with E-state index in [-0.39, 0.29) is 6.73 Å². The van der Waals surface area contributed by atoms with Gasteiger partial charge in [0.15, 0.2) is 13.3 Å². The number of para-hydroxylation sites is 1. The number of carbonyl (C=O) groups is 2. The maximum absolute atomic E-state index is 13.4. The number of hydrogen-bond acceptors (Lipinski definition) is 5. The summed E-state index contributed by atoms with van der Waals surface area (Å²) in [6.07, 6.45) is 1.85. The molecule has 1 N–H and O–H groups in total. The molecule has 1 unspecified atom stereocenters. The van der Waals surface area contributed by atoms with E-state index in [2.05, 4.69) is 5.10 Å². The van der Waals surface area contributed by atoms with Gasteiger partial charge in [-0.3, -0.25) is 4.90 Å². The number of nitrogens with zero attached hydrogens (tertiary/aromatic N) is 3. The lowest BCUT2D eigenvalue weighted by Crippen LogP contribution is -2.41. The number of rotatable bonds is 6. The molecule has 1 aliphatic heterocycles. The van der Waals surface area contributed by atoms with Crippen LogP contribution < -0.4 is 4.74 Å². The molecule has 2 heterocycles. The lowest BCUT2D eigenvalue weighted by atomic mass is 9.88. The first-order valence-electron chi connectivity index (χ1n) is 11.1. The number of fused-ring (bicyclic) bond motifs is 2. The van der Waals surface area contributed by atoms with Crippen molar-refractivity contribution in [2.75, 3.05) is 13.2 Å². The third-order valence-electron chi connectivity index (χ3n) is 6.00. The normalized spacial score (nSPS) is 15.0. The summed E-state index contributed by atoms with van der Waals surface area (Å²) >= 11 is 6.32. The topological polar surface area (TPSA) is 93.9 Å². The van der Waals surface area contributed by atoms with Crippen molar-refractivity contribution in [2.24, 2.45) is 0 Å². The van der Waals surface area contributed by atoms with E-state index in [9.17, 15) is 9.59 Å². The second-order valence-electron chi connectivity index (χ2n) is 8.15. The Morgan fingerprint density at radius 3 is 2.71 bits per heavy atom. The van der Waals surface area contributed by atoms with Crippen molar-refractivity contribution in [3.05, 3.63) is 94.6 Å². The van der Waals surface area contributed by atoms with E-state index >= 15 is 0 Å². The van der Waals surface area contributed by atoms with E-state index in [1.807, 2.05) is 48.5 Å². The Morgan fingerprint density at radius 1 is 1.06 bits per heavy atom. The fraction of sp³-hybridized carbons (Fsp3) is 0.192. The standard InChI is InChI=1S/C26H22ClN3O5/c27-19-9-10-23(34-15-24(31)32)21(13-19)25-20-7-3-1-5-17(20)11-12-29(25)26(33)35-16-30-22-8-4-2-6-18(22)14-28-30/h1-10,13-14,25H,11-12,15-16H2,(H,31,32). The maximum Gasteiger partial charge on any atom is 0.412 e. The van der Waals surface area contributed by atoms with Crippen LogP contribution in [0.4, 0.5) is 4.79 Å². The molecule has 0 aliphatic carbocycles. The van der Waals surface area contributed by atoms with Crippen LogP contribution >= 0.6 is 11.6 Å². The first-order valence-corrected chi connectivity index (χ1v) is 11.4.